The minimum absolute atomic E-state index is 0.0224. The third kappa shape index (κ3) is 2.17. The summed E-state index contributed by atoms with van der Waals surface area (Å²) in [6.45, 7) is 0. The molecule has 1 aliphatic rings. The molecule has 1 aliphatic carbocycles. The summed E-state index contributed by atoms with van der Waals surface area (Å²) in [5, 5.41) is 11.2. The van der Waals surface area contributed by atoms with E-state index in [1.54, 1.807) is 6.20 Å². The Morgan fingerprint density at radius 1 is 1.20 bits per heavy atom. The van der Waals surface area contributed by atoms with Gasteiger partial charge in [0.1, 0.15) is 10.6 Å². The van der Waals surface area contributed by atoms with Gasteiger partial charge in [-0.2, -0.15) is 0 Å². The van der Waals surface area contributed by atoms with Gasteiger partial charge in [-0.1, -0.05) is 0 Å². The molecule has 0 aliphatic heterocycles. The molecule has 4 aromatic rings. The van der Waals surface area contributed by atoms with E-state index in [1.165, 1.54) is 28.5 Å². The van der Waals surface area contributed by atoms with E-state index >= 15 is 0 Å². The van der Waals surface area contributed by atoms with Crippen molar-refractivity contribution in [1.29, 1.82) is 0 Å². The molecule has 2 N–H and O–H groups in total. The lowest BCUT2D eigenvalue weighted by molar-refractivity contribution is 0.481. The van der Waals surface area contributed by atoms with Crippen molar-refractivity contribution >= 4 is 31.8 Å². The zero-order valence-corrected chi connectivity index (χ0v) is 14.2. The van der Waals surface area contributed by atoms with Crippen molar-refractivity contribution in [3.63, 3.8) is 0 Å². The predicted octanol–water partition coefficient (Wildman–Crippen LogP) is 3.78. The highest BCUT2D eigenvalue weighted by Gasteiger charge is 2.23. The molecular formula is C19H15N3O2S. The minimum atomic E-state index is -0.286. The molecule has 0 aromatic carbocycles. The van der Waals surface area contributed by atoms with Crippen molar-refractivity contribution in [3.8, 4) is 17.0 Å². The number of aromatic amines is 1. The standard InChI is InChI=1S/C19H15N3O2S/c23-13-8-14(24)21-17-15-11-5-1-2-6-12(11)16(10-4-3-7-20-9-10)22-19(15)25-18(13)17/h3-4,7-9H,1-2,5-6H2,(H2,21,23,24). The summed E-state index contributed by atoms with van der Waals surface area (Å²) < 4.78 is 0.693. The first-order chi connectivity index (χ1) is 12.2. The van der Waals surface area contributed by atoms with E-state index in [0.717, 1.165) is 47.2 Å². The second-order valence-corrected chi connectivity index (χ2v) is 7.37. The number of nitrogens with zero attached hydrogens (tertiary/aromatic N) is 2. The van der Waals surface area contributed by atoms with Gasteiger partial charge in [0.25, 0.3) is 5.56 Å². The van der Waals surface area contributed by atoms with Crippen LogP contribution in [0.2, 0.25) is 0 Å². The van der Waals surface area contributed by atoms with E-state index in [1.807, 2.05) is 18.3 Å². The van der Waals surface area contributed by atoms with Gasteiger partial charge in [0.15, 0.2) is 0 Å². The van der Waals surface area contributed by atoms with Crippen LogP contribution in [-0.4, -0.2) is 20.1 Å². The summed E-state index contributed by atoms with van der Waals surface area (Å²) in [7, 11) is 0. The van der Waals surface area contributed by atoms with Crippen molar-refractivity contribution in [3.05, 3.63) is 52.1 Å². The fourth-order valence-corrected chi connectivity index (χ4v) is 4.86. The Morgan fingerprint density at radius 3 is 2.84 bits per heavy atom. The summed E-state index contributed by atoms with van der Waals surface area (Å²) in [5.74, 6) is 0.0224. The summed E-state index contributed by atoms with van der Waals surface area (Å²) in [6.07, 6.45) is 7.80. The molecule has 0 unspecified atom stereocenters. The van der Waals surface area contributed by atoms with Crippen molar-refractivity contribution in [2.24, 2.45) is 0 Å². The monoisotopic (exact) mass is 349 g/mol. The first kappa shape index (κ1) is 14.6. The van der Waals surface area contributed by atoms with Crippen LogP contribution in [0.25, 0.3) is 31.7 Å². The van der Waals surface area contributed by atoms with E-state index < -0.39 is 0 Å². The van der Waals surface area contributed by atoms with Gasteiger partial charge < -0.3 is 10.1 Å². The summed E-state index contributed by atoms with van der Waals surface area (Å²) >= 11 is 1.43. The average Bonchev–Trinajstić information content (AvgIpc) is 3.01. The largest absolute Gasteiger partial charge is 0.506 e. The second-order valence-electron chi connectivity index (χ2n) is 6.37. The molecule has 0 bridgehead atoms. The topological polar surface area (TPSA) is 78.9 Å². The normalized spacial score (nSPS) is 14.1. The SMILES string of the molecule is O=c1cc(O)c2sc3nc(-c4cccnc4)c4c(c3c2[nH]1)CCCC4. The van der Waals surface area contributed by atoms with Gasteiger partial charge in [-0.15, -0.1) is 11.3 Å². The average molecular weight is 349 g/mol. The molecule has 0 amide bonds. The molecule has 5 rings (SSSR count). The minimum Gasteiger partial charge on any atom is -0.506 e. The third-order valence-corrected chi connectivity index (χ3v) is 5.95. The van der Waals surface area contributed by atoms with Crippen LogP contribution >= 0.6 is 11.3 Å². The van der Waals surface area contributed by atoms with Crippen LogP contribution in [-0.2, 0) is 12.8 Å². The summed E-state index contributed by atoms with van der Waals surface area (Å²) in [4.78, 5) is 24.8. The van der Waals surface area contributed by atoms with Gasteiger partial charge in [0.2, 0.25) is 0 Å². The quantitative estimate of drug-likeness (QED) is 0.548. The lowest BCUT2D eigenvalue weighted by Gasteiger charge is -2.20. The van der Waals surface area contributed by atoms with Gasteiger partial charge in [0.05, 0.1) is 15.9 Å². The van der Waals surface area contributed by atoms with E-state index in [0.29, 0.717) is 10.2 Å². The molecule has 0 atom stereocenters. The molecule has 25 heavy (non-hydrogen) atoms. The predicted molar refractivity (Wildman–Crippen MR) is 99.3 cm³/mol. The Balaban J connectivity index is 1.95. The maximum absolute atomic E-state index is 11.9. The lowest BCUT2D eigenvalue weighted by atomic mass is 9.87. The molecule has 5 nitrogen and oxygen atoms in total. The molecule has 0 fully saturated rings. The number of hydrogen-bond acceptors (Lipinski definition) is 5. The number of nitrogens with one attached hydrogen (secondary N) is 1. The first-order valence-corrected chi connectivity index (χ1v) is 9.14. The molecule has 0 saturated carbocycles. The number of pyridine rings is 3. The van der Waals surface area contributed by atoms with Crippen molar-refractivity contribution in [2.75, 3.05) is 0 Å². The molecule has 0 spiro atoms. The highest BCUT2D eigenvalue weighted by Crippen LogP contribution is 2.42. The fraction of sp³-hybridized carbons (Fsp3) is 0.211. The third-order valence-electron chi connectivity index (χ3n) is 4.84. The van der Waals surface area contributed by atoms with Crippen LogP contribution in [0.4, 0.5) is 0 Å². The number of rotatable bonds is 1. The van der Waals surface area contributed by atoms with Crippen molar-refractivity contribution in [2.45, 2.75) is 25.7 Å². The van der Waals surface area contributed by atoms with Gasteiger partial charge in [0, 0.05) is 29.4 Å². The van der Waals surface area contributed by atoms with Crippen LogP contribution in [0.1, 0.15) is 24.0 Å². The number of fused-ring (bicyclic) bond motifs is 5. The molecule has 0 radical (unpaired) electrons. The summed E-state index contributed by atoms with van der Waals surface area (Å²) in [5.41, 5.74) is 4.92. The Labute approximate surface area is 147 Å². The smallest absolute Gasteiger partial charge is 0.252 e. The van der Waals surface area contributed by atoms with E-state index in [9.17, 15) is 9.90 Å². The number of hydrogen-bond donors (Lipinski definition) is 2. The highest BCUT2D eigenvalue weighted by molar-refractivity contribution is 7.25. The number of aromatic nitrogens is 3. The van der Waals surface area contributed by atoms with Gasteiger partial charge >= 0.3 is 0 Å². The number of aromatic hydroxyl groups is 1. The zero-order valence-electron chi connectivity index (χ0n) is 13.4. The van der Waals surface area contributed by atoms with Gasteiger partial charge in [-0.25, -0.2) is 4.98 Å². The molecule has 0 saturated heterocycles. The Bertz CT molecular complexity index is 1180. The number of H-pyrrole nitrogens is 1. The first-order valence-electron chi connectivity index (χ1n) is 8.33. The molecule has 4 heterocycles. The Morgan fingerprint density at radius 2 is 2.04 bits per heavy atom. The summed E-state index contributed by atoms with van der Waals surface area (Å²) in [6, 6.07) is 5.18. The maximum Gasteiger partial charge on any atom is 0.252 e. The molecular weight excluding hydrogens is 334 g/mol. The van der Waals surface area contributed by atoms with Gasteiger partial charge in [-0.3, -0.25) is 9.78 Å². The van der Waals surface area contributed by atoms with Crippen LogP contribution in [0.15, 0.2) is 35.4 Å². The highest BCUT2D eigenvalue weighted by atomic mass is 32.1. The van der Waals surface area contributed by atoms with Crippen LogP contribution in [0.3, 0.4) is 0 Å². The van der Waals surface area contributed by atoms with Crippen LogP contribution in [0, 0.1) is 0 Å². The van der Waals surface area contributed by atoms with Crippen molar-refractivity contribution < 1.29 is 5.11 Å². The lowest BCUT2D eigenvalue weighted by Crippen LogP contribution is -2.08. The zero-order chi connectivity index (χ0) is 17.0. The number of thiophene rings is 1. The Kier molecular flexibility index (Phi) is 3.15. The molecule has 4 aromatic heterocycles. The second kappa shape index (κ2) is 5.39. The van der Waals surface area contributed by atoms with E-state index in [-0.39, 0.29) is 11.3 Å². The maximum atomic E-state index is 11.9. The van der Waals surface area contributed by atoms with Crippen LogP contribution in [0.5, 0.6) is 5.75 Å². The van der Waals surface area contributed by atoms with E-state index in [2.05, 4.69) is 9.97 Å². The van der Waals surface area contributed by atoms with E-state index in [4.69, 9.17) is 4.98 Å². The molecule has 6 heteroatoms. The van der Waals surface area contributed by atoms with Crippen molar-refractivity contribution in [1.82, 2.24) is 15.0 Å². The van der Waals surface area contributed by atoms with Gasteiger partial charge in [-0.05, 0) is 48.9 Å². The fourth-order valence-electron chi connectivity index (χ4n) is 3.78. The van der Waals surface area contributed by atoms with Crippen LogP contribution < -0.4 is 5.56 Å². The number of aryl methyl sites for hydroxylation is 1. The Hall–Kier alpha value is -2.73. The molecule has 124 valence electrons.